The number of sulfonamides is 2. The van der Waals surface area contributed by atoms with E-state index in [2.05, 4.69) is 9.44 Å². The van der Waals surface area contributed by atoms with Gasteiger partial charge in [-0.05, 0) is 30.2 Å². The van der Waals surface area contributed by atoms with Gasteiger partial charge in [-0.1, -0.05) is 0 Å². The summed E-state index contributed by atoms with van der Waals surface area (Å²) in [6.07, 6.45) is 2.22. The summed E-state index contributed by atoms with van der Waals surface area (Å²) < 4.78 is 49.2. The van der Waals surface area contributed by atoms with Crippen LogP contribution in [0.15, 0.2) is 18.2 Å². The maximum Gasteiger partial charge on any atom is 0.229 e. The lowest BCUT2D eigenvalue weighted by Gasteiger charge is -2.07. The van der Waals surface area contributed by atoms with Gasteiger partial charge in [-0.15, -0.1) is 0 Å². The Bertz CT molecular complexity index is 768. The van der Waals surface area contributed by atoms with E-state index >= 15 is 0 Å². The van der Waals surface area contributed by atoms with Crippen molar-refractivity contribution in [1.82, 2.24) is 4.72 Å². The van der Waals surface area contributed by atoms with E-state index in [-0.39, 0.29) is 12.2 Å². The first-order valence-corrected chi connectivity index (χ1v) is 9.46. The molecule has 9 heteroatoms. The quantitative estimate of drug-likeness (QED) is 0.793. The maximum absolute atomic E-state index is 12.0. The van der Waals surface area contributed by atoms with E-state index in [0.717, 1.165) is 12.5 Å². The summed E-state index contributed by atoms with van der Waals surface area (Å²) in [5.74, 6) is -0.309. The van der Waals surface area contributed by atoms with Crippen LogP contribution in [0.25, 0.3) is 0 Å². The summed E-state index contributed by atoms with van der Waals surface area (Å²) in [6.45, 7) is 0. The lowest BCUT2D eigenvalue weighted by atomic mass is 10.1. The Hall–Kier alpha value is -1.45. The minimum Gasteiger partial charge on any atom is -0.292 e. The smallest absolute Gasteiger partial charge is 0.229 e. The summed E-state index contributed by atoms with van der Waals surface area (Å²) in [6, 6.07) is 3.68. The average Bonchev–Trinajstić information content (AvgIpc) is 2.50. The second-order valence-corrected chi connectivity index (χ2v) is 8.29. The van der Waals surface area contributed by atoms with Crippen molar-refractivity contribution in [3.63, 3.8) is 0 Å². The molecule has 0 saturated heterocycles. The second-order valence-electron chi connectivity index (χ2n) is 4.76. The number of rotatable bonds is 4. The van der Waals surface area contributed by atoms with Gasteiger partial charge in [0, 0.05) is 11.3 Å². The molecule has 2 N–H and O–H groups in total. The van der Waals surface area contributed by atoms with E-state index in [1.165, 1.54) is 18.2 Å². The maximum atomic E-state index is 12.0. The molecule has 2 rings (SSSR count). The molecule has 1 atom stereocenters. The molecule has 110 valence electrons. The minimum atomic E-state index is -3.48. The fourth-order valence-electron chi connectivity index (χ4n) is 2.13. The van der Waals surface area contributed by atoms with Crippen LogP contribution < -0.4 is 9.44 Å². The van der Waals surface area contributed by atoms with Crippen molar-refractivity contribution < 1.29 is 21.6 Å². The van der Waals surface area contributed by atoms with Crippen LogP contribution >= 0.6 is 0 Å². The molecule has 20 heavy (non-hydrogen) atoms. The van der Waals surface area contributed by atoms with Gasteiger partial charge in [-0.25, -0.2) is 21.6 Å². The standard InChI is InChI=1S/C11H14N2O5S2/c1-19(15,16)12-8-3-4-9-7(5-8)6-10(11(9)14)13-20(2,17)18/h3-5,10,12-13H,6H2,1-2H3. The van der Waals surface area contributed by atoms with Crippen LogP contribution in [0.2, 0.25) is 0 Å². The van der Waals surface area contributed by atoms with Gasteiger partial charge in [0.1, 0.15) is 0 Å². The first-order valence-electron chi connectivity index (χ1n) is 5.67. The van der Waals surface area contributed by atoms with Crippen LogP contribution in [0.1, 0.15) is 15.9 Å². The van der Waals surface area contributed by atoms with Gasteiger partial charge in [0.2, 0.25) is 20.0 Å². The second kappa shape index (κ2) is 4.83. The van der Waals surface area contributed by atoms with E-state index in [1.54, 1.807) is 0 Å². The third kappa shape index (κ3) is 3.56. The molecule has 0 radical (unpaired) electrons. The lowest BCUT2D eigenvalue weighted by molar-refractivity contribution is 0.0967. The number of carbonyl (C=O) groups excluding carboxylic acids is 1. The van der Waals surface area contributed by atoms with E-state index in [9.17, 15) is 21.6 Å². The van der Waals surface area contributed by atoms with Gasteiger partial charge in [-0.3, -0.25) is 9.52 Å². The molecule has 1 aliphatic rings. The highest BCUT2D eigenvalue weighted by molar-refractivity contribution is 7.92. The van der Waals surface area contributed by atoms with Crippen LogP contribution in [-0.2, 0) is 26.5 Å². The highest BCUT2D eigenvalue weighted by Crippen LogP contribution is 2.26. The summed E-state index contributed by atoms with van der Waals surface area (Å²) in [5.41, 5.74) is 1.37. The van der Waals surface area contributed by atoms with Crippen LogP contribution in [0.4, 0.5) is 5.69 Å². The Balaban J connectivity index is 2.28. The molecule has 0 aromatic heterocycles. The van der Waals surface area contributed by atoms with Gasteiger partial charge in [0.15, 0.2) is 5.78 Å². The topological polar surface area (TPSA) is 109 Å². The number of benzene rings is 1. The lowest BCUT2D eigenvalue weighted by Crippen LogP contribution is -2.38. The third-order valence-corrected chi connectivity index (χ3v) is 4.09. The fourth-order valence-corrected chi connectivity index (χ4v) is 3.40. The molecule has 0 amide bonds. The van der Waals surface area contributed by atoms with Crippen molar-refractivity contribution in [2.75, 3.05) is 17.2 Å². The molecule has 7 nitrogen and oxygen atoms in total. The van der Waals surface area contributed by atoms with Crippen LogP contribution in [0.3, 0.4) is 0 Å². The molecule has 0 bridgehead atoms. The van der Waals surface area contributed by atoms with Gasteiger partial charge < -0.3 is 0 Å². The summed E-state index contributed by atoms with van der Waals surface area (Å²) in [7, 11) is -6.88. The normalized spacial score (nSPS) is 18.9. The van der Waals surface area contributed by atoms with Gasteiger partial charge in [0.05, 0.1) is 18.6 Å². The van der Waals surface area contributed by atoms with Crippen LogP contribution in [0.5, 0.6) is 0 Å². The Morgan fingerprint density at radius 2 is 1.75 bits per heavy atom. The predicted molar refractivity (Wildman–Crippen MR) is 74.7 cm³/mol. The molecule has 0 saturated carbocycles. The Labute approximate surface area is 117 Å². The molecule has 1 aliphatic carbocycles. The molecule has 0 heterocycles. The zero-order valence-electron chi connectivity index (χ0n) is 10.9. The molecular weight excluding hydrogens is 304 g/mol. The Kier molecular flexibility index (Phi) is 3.61. The summed E-state index contributed by atoms with van der Waals surface area (Å²) in [5, 5.41) is 0. The average molecular weight is 318 g/mol. The zero-order valence-corrected chi connectivity index (χ0v) is 12.5. The van der Waals surface area contributed by atoms with Crippen molar-refractivity contribution in [2.45, 2.75) is 12.5 Å². The molecule has 0 spiro atoms. The van der Waals surface area contributed by atoms with Gasteiger partial charge in [0.25, 0.3) is 0 Å². The Morgan fingerprint density at radius 3 is 2.30 bits per heavy atom. The van der Waals surface area contributed by atoms with Crippen molar-refractivity contribution in [3.05, 3.63) is 29.3 Å². The van der Waals surface area contributed by atoms with Crippen LogP contribution in [-0.4, -0.2) is 41.2 Å². The van der Waals surface area contributed by atoms with Crippen molar-refractivity contribution in [2.24, 2.45) is 0 Å². The molecule has 1 aromatic carbocycles. The zero-order chi connectivity index (χ0) is 15.1. The summed E-state index contributed by atoms with van der Waals surface area (Å²) >= 11 is 0. The summed E-state index contributed by atoms with van der Waals surface area (Å²) in [4.78, 5) is 12.0. The number of fused-ring (bicyclic) bond motifs is 1. The molecule has 0 aliphatic heterocycles. The van der Waals surface area contributed by atoms with E-state index in [1.807, 2.05) is 0 Å². The number of carbonyl (C=O) groups is 1. The largest absolute Gasteiger partial charge is 0.292 e. The van der Waals surface area contributed by atoms with Gasteiger partial charge >= 0.3 is 0 Å². The Morgan fingerprint density at radius 1 is 1.10 bits per heavy atom. The predicted octanol–water partition coefficient (Wildman–Crippen LogP) is -0.285. The van der Waals surface area contributed by atoms with Crippen molar-refractivity contribution in [1.29, 1.82) is 0 Å². The molecular formula is C11H14N2O5S2. The number of Topliss-reactive ketones (excluding diaryl/α,β-unsaturated/α-hetero) is 1. The minimum absolute atomic E-state index is 0.209. The monoisotopic (exact) mass is 318 g/mol. The first kappa shape index (κ1) is 14.9. The highest BCUT2D eigenvalue weighted by atomic mass is 32.2. The van der Waals surface area contributed by atoms with Crippen molar-refractivity contribution in [3.8, 4) is 0 Å². The molecule has 1 aromatic rings. The number of hydrogen-bond donors (Lipinski definition) is 2. The molecule has 1 unspecified atom stereocenters. The SMILES string of the molecule is CS(=O)(=O)Nc1ccc2c(c1)CC(NS(C)(=O)=O)C2=O. The number of nitrogens with one attached hydrogen (secondary N) is 2. The third-order valence-electron chi connectivity index (χ3n) is 2.77. The van der Waals surface area contributed by atoms with Crippen LogP contribution in [0, 0.1) is 0 Å². The molecule has 0 fully saturated rings. The number of hydrogen-bond acceptors (Lipinski definition) is 5. The highest BCUT2D eigenvalue weighted by Gasteiger charge is 2.32. The number of ketones is 1. The fraction of sp³-hybridized carbons (Fsp3) is 0.364. The van der Waals surface area contributed by atoms with E-state index < -0.39 is 26.1 Å². The van der Waals surface area contributed by atoms with E-state index in [4.69, 9.17) is 0 Å². The van der Waals surface area contributed by atoms with Crippen molar-refractivity contribution >= 4 is 31.5 Å². The van der Waals surface area contributed by atoms with E-state index in [0.29, 0.717) is 16.8 Å². The first-order chi connectivity index (χ1) is 9.05. The van der Waals surface area contributed by atoms with Gasteiger partial charge in [-0.2, -0.15) is 0 Å². The number of anilines is 1.